The lowest BCUT2D eigenvalue weighted by Crippen LogP contribution is -2.32. The van der Waals surface area contributed by atoms with Crippen LogP contribution < -0.4 is 9.47 Å². The number of carbonyl (C=O) groups is 1. The van der Waals surface area contributed by atoms with Gasteiger partial charge in [-0.25, -0.2) is 0 Å². The number of amides is 1. The summed E-state index contributed by atoms with van der Waals surface area (Å²) in [6.45, 7) is 1.50. The van der Waals surface area contributed by atoms with Crippen LogP contribution >= 0.6 is 0 Å². The predicted molar refractivity (Wildman–Crippen MR) is 70.2 cm³/mol. The Labute approximate surface area is 112 Å². The maximum Gasteiger partial charge on any atom is 0.260 e. The van der Waals surface area contributed by atoms with Crippen LogP contribution in [0.4, 0.5) is 0 Å². The molecule has 5 nitrogen and oxygen atoms in total. The lowest BCUT2D eigenvalue weighted by Gasteiger charge is -2.16. The van der Waals surface area contributed by atoms with Crippen LogP contribution in [0.1, 0.15) is 18.4 Å². The lowest BCUT2D eigenvalue weighted by atomic mass is 10.2. The van der Waals surface area contributed by atoms with E-state index in [4.69, 9.17) is 9.47 Å². The molecular formula is C14H19NO4. The van der Waals surface area contributed by atoms with Gasteiger partial charge in [-0.3, -0.25) is 4.79 Å². The second-order valence-electron chi connectivity index (χ2n) is 4.51. The molecular weight excluding hydrogens is 246 g/mol. The molecule has 1 saturated heterocycles. The fraction of sp³-hybridized carbons (Fsp3) is 0.500. The van der Waals surface area contributed by atoms with E-state index in [0.717, 1.165) is 25.9 Å². The molecule has 5 heteroatoms. The van der Waals surface area contributed by atoms with E-state index in [0.29, 0.717) is 17.1 Å². The molecule has 0 spiro atoms. The molecule has 1 fully saturated rings. The van der Waals surface area contributed by atoms with Gasteiger partial charge in [0.15, 0.2) is 6.61 Å². The molecule has 1 amide bonds. The van der Waals surface area contributed by atoms with Gasteiger partial charge in [0.1, 0.15) is 11.5 Å². The fourth-order valence-electron chi connectivity index (χ4n) is 2.14. The van der Waals surface area contributed by atoms with Crippen LogP contribution in [0.3, 0.4) is 0 Å². The summed E-state index contributed by atoms with van der Waals surface area (Å²) in [5.41, 5.74) is 0.619. The van der Waals surface area contributed by atoms with Crippen LogP contribution in [-0.4, -0.2) is 42.7 Å². The minimum atomic E-state index is -0.148. The number of ether oxygens (including phenoxy) is 2. The maximum absolute atomic E-state index is 11.9. The number of hydrogen-bond acceptors (Lipinski definition) is 4. The SMILES string of the molecule is COc1ccc(OCC(=O)N2CCCC2)c(CO)c1. The zero-order valence-corrected chi connectivity index (χ0v) is 11.1. The average molecular weight is 265 g/mol. The molecule has 1 heterocycles. The number of aliphatic hydroxyl groups is 1. The molecule has 0 atom stereocenters. The van der Waals surface area contributed by atoms with Crippen LogP contribution in [0.2, 0.25) is 0 Å². The quantitative estimate of drug-likeness (QED) is 0.868. The Kier molecular flexibility index (Phi) is 4.63. The predicted octanol–water partition coefficient (Wildman–Crippen LogP) is 1.19. The van der Waals surface area contributed by atoms with Gasteiger partial charge in [-0.05, 0) is 31.0 Å². The van der Waals surface area contributed by atoms with Crippen molar-refractivity contribution in [1.82, 2.24) is 4.90 Å². The van der Waals surface area contributed by atoms with Crippen LogP contribution in [0, 0.1) is 0 Å². The summed E-state index contributed by atoms with van der Waals surface area (Å²) in [4.78, 5) is 13.7. The van der Waals surface area contributed by atoms with E-state index < -0.39 is 0 Å². The first kappa shape index (κ1) is 13.7. The van der Waals surface area contributed by atoms with Gasteiger partial charge in [0.05, 0.1) is 13.7 Å². The van der Waals surface area contributed by atoms with Crippen molar-refractivity contribution < 1.29 is 19.4 Å². The van der Waals surface area contributed by atoms with Gasteiger partial charge in [0, 0.05) is 18.7 Å². The van der Waals surface area contributed by atoms with Crippen molar-refractivity contribution in [2.24, 2.45) is 0 Å². The van der Waals surface area contributed by atoms with E-state index >= 15 is 0 Å². The Balaban J connectivity index is 1.96. The number of hydrogen-bond donors (Lipinski definition) is 1. The summed E-state index contributed by atoms with van der Waals surface area (Å²) in [5.74, 6) is 1.18. The molecule has 0 unspecified atom stereocenters. The first-order chi connectivity index (χ1) is 9.24. The van der Waals surface area contributed by atoms with Crippen molar-refractivity contribution in [2.75, 3.05) is 26.8 Å². The highest BCUT2D eigenvalue weighted by molar-refractivity contribution is 5.78. The van der Waals surface area contributed by atoms with E-state index in [-0.39, 0.29) is 19.1 Å². The van der Waals surface area contributed by atoms with Crippen LogP contribution in [-0.2, 0) is 11.4 Å². The van der Waals surface area contributed by atoms with Gasteiger partial charge < -0.3 is 19.5 Å². The fourth-order valence-corrected chi connectivity index (χ4v) is 2.14. The van der Waals surface area contributed by atoms with Crippen molar-refractivity contribution >= 4 is 5.91 Å². The topological polar surface area (TPSA) is 59.0 Å². The third kappa shape index (κ3) is 3.38. The van der Waals surface area contributed by atoms with Crippen LogP contribution in [0.25, 0.3) is 0 Å². The number of aliphatic hydroxyl groups excluding tert-OH is 1. The minimum Gasteiger partial charge on any atom is -0.497 e. The highest BCUT2D eigenvalue weighted by atomic mass is 16.5. The van der Waals surface area contributed by atoms with Crippen molar-refractivity contribution in [2.45, 2.75) is 19.4 Å². The highest BCUT2D eigenvalue weighted by Crippen LogP contribution is 2.24. The van der Waals surface area contributed by atoms with E-state index in [1.54, 1.807) is 25.3 Å². The Morgan fingerprint density at radius 2 is 2.11 bits per heavy atom. The van der Waals surface area contributed by atoms with E-state index in [1.165, 1.54) is 0 Å². The Morgan fingerprint density at radius 3 is 2.74 bits per heavy atom. The Bertz CT molecular complexity index is 441. The number of carbonyl (C=O) groups excluding carboxylic acids is 1. The second-order valence-corrected chi connectivity index (χ2v) is 4.51. The van der Waals surface area contributed by atoms with Crippen molar-refractivity contribution in [3.8, 4) is 11.5 Å². The largest absolute Gasteiger partial charge is 0.497 e. The van der Waals surface area contributed by atoms with Gasteiger partial charge in [-0.1, -0.05) is 0 Å². The number of methoxy groups -OCH3 is 1. The number of rotatable bonds is 5. The maximum atomic E-state index is 11.9. The van der Waals surface area contributed by atoms with Gasteiger partial charge >= 0.3 is 0 Å². The summed E-state index contributed by atoms with van der Waals surface area (Å²) in [5, 5.41) is 9.28. The molecule has 1 aliphatic rings. The third-order valence-electron chi connectivity index (χ3n) is 3.25. The van der Waals surface area contributed by atoms with E-state index in [1.807, 2.05) is 4.90 Å². The number of benzene rings is 1. The van der Waals surface area contributed by atoms with Crippen molar-refractivity contribution in [3.63, 3.8) is 0 Å². The summed E-state index contributed by atoms with van der Waals surface area (Å²) in [6.07, 6.45) is 2.13. The standard InChI is InChI=1S/C14H19NO4/c1-18-12-4-5-13(11(8-12)9-16)19-10-14(17)15-6-2-3-7-15/h4-5,8,16H,2-3,6-7,9-10H2,1H3. The smallest absolute Gasteiger partial charge is 0.260 e. The first-order valence-corrected chi connectivity index (χ1v) is 6.43. The van der Waals surface area contributed by atoms with Gasteiger partial charge in [-0.15, -0.1) is 0 Å². The number of likely N-dealkylation sites (tertiary alicyclic amines) is 1. The summed E-state index contributed by atoms with van der Waals surface area (Å²) in [7, 11) is 1.56. The van der Waals surface area contributed by atoms with E-state index in [9.17, 15) is 9.90 Å². The third-order valence-corrected chi connectivity index (χ3v) is 3.25. The average Bonchev–Trinajstić information content (AvgIpc) is 2.98. The highest BCUT2D eigenvalue weighted by Gasteiger charge is 2.18. The monoisotopic (exact) mass is 265 g/mol. The minimum absolute atomic E-state index is 0.00259. The molecule has 1 aromatic carbocycles. The molecule has 19 heavy (non-hydrogen) atoms. The lowest BCUT2D eigenvalue weighted by molar-refractivity contribution is -0.132. The molecule has 1 N–H and O–H groups in total. The summed E-state index contributed by atoms with van der Waals surface area (Å²) < 4.78 is 10.6. The van der Waals surface area contributed by atoms with Crippen LogP contribution in [0.5, 0.6) is 11.5 Å². The molecule has 0 saturated carbocycles. The molecule has 1 aromatic rings. The van der Waals surface area contributed by atoms with Gasteiger partial charge in [-0.2, -0.15) is 0 Å². The van der Waals surface area contributed by atoms with Gasteiger partial charge in [0.2, 0.25) is 0 Å². The van der Waals surface area contributed by atoms with Crippen molar-refractivity contribution in [1.29, 1.82) is 0 Å². The summed E-state index contributed by atoms with van der Waals surface area (Å²) >= 11 is 0. The first-order valence-electron chi connectivity index (χ1n) is 6.43. The summed E-state index contributed by atoms with van der Waals surface area (Å²) in [6, 6.07) is 5.16. The molecule has 0 aromatic heterocycles. The van der Waals surface area contributed by atoms with Crippen LogP contribution in [0.15, 0.2) is 18.2 Å². The Hall–Kier alpha value is -1.75. The van der Waals surface area contributed by atoms with Crippen molar-refractivity contribution in [3.05, 3.63) is 23.8 Å². The second kappa shape index (κ2) is 6.43. The van der Waals surface area contributed by atoms with E-state index in [2.05, 4.69) is 0 Å². The molecule has 0 aliphatic carbocycles. The molecule has 0 radical (unpaired) electrons. The zero-order valence-electron chi connectivity index (χ0n) is 11.1. The molecule has 0 bridgehead atoms. The Morgan fingerprint density at radius 1 is 1.37 bits per heavy atom. The van der Waals surface area contributed by atoms with Gasteiger partial charge in [0.25, 0.3) is 5.91 Å². The molecule has 2 rings (SSSR count). The zero-order chi connectivity index (χ0) is 13.7. The number of nitrogens with zero attached hydrogens (tertiary/aromatic N) is 1. The normalized spacial score (nSPS) is 14.5. The molecule has 1 aliphatic heterocycles. The molecule has 104 valence electrons.